The number of carbonyl (C=O) groups is 1. The first-order chi connectivity index (χ1) is 11.5. The Hall–Kier alpha value is -2.28. The van der Waals surface area contributed by atoms with Crippen LogP contribution >= 0.6 is 0 Å². The molecule has 3 N–H and O–H groups in total. The Bertz CT molecular complexity index is 647. The van der Waals surface area contributed by atoms with Gasteiger partial charge in [-0.15, -0.1) is 0 Å². The monoisotopic (exact) mass is 349 g/mol. The van der Waals surface area contributed by atoms with Crippen molar-refractivity contribution in [1.29, 1.82) is 0 Å². The number of rotatable bonds is 3. The molecule has 25 heavy (non-hydrogen) atoms. The van der Waals surface area contributed by atoms with Crippen molar-refractivity contribution >= 4 is 11.9 Å². The summed E-state index contributed by atoms with van der Waals surface area (Å²) in [6.45, 7) is 9.69. The van der Waals surface area contributed by atoms with Crippen molar-refractivity contribution in [3.05, 3.63) is 35.4 Å². The molecular formula is C18H27N3O4. The zero-order valence-corrected chi connectivity index (χ0v) is 15.4. The summed E-state index contributed by atoms with van der Waals surface area (Å²) in [6, 6.07) is 7.23. The van der Waals surface area contributed by atoms with Crippen molar-refractivity contribution in [2.75, 3.05) is 6.61 Å². The van der Waals surface area contributed by atoms with Crippen LogP contribution in [0.25, 0.3) is 0 Å². The molecule has 1 aromatic rings. The normalized spacial score (nSPS) is 20.6. The van der Waals surface area contributed by atoms with Crippen molar-refractivity contribution in [3.8, 4) is 0 Å². The Balaban J connectivity index is 2.15. The fraction of sp³-hybridized carbons (Fsp3) is 0.556. The van der Waals surface area contributed by atoms with Crippen molar-refractivity contribution < 1.29 is 19.5 Å². The average molecular weight is 349 g/mol. The molecule has 0 spiro atoms. The van der Waals surface area contributed by atoms with Gasteiger partial charge in [-0.1, -0.05) is 29.4 Å². The maximum absolute atomic E-state index is 12.6. The molecule has 0 unspecified atom stereocenters. The average Bonchev–Trinajstić information content (AvgIpc) is 2.80. The molecule has 1 aliphatic rings. The Kier molecular flexibility index (Phi) is 5.27. The van der Waals surface area contributed by atoms with Gasteiger partial charge in [-0.05, 0) is 46.6 Å². The molecule has 2 rings (SSSR count). The Morgan fingerprint density at radius 3 is 2.52 bits per heavy atom. The van der Waals surface area contributed by atoms with Crippen molar-refractivity contribution in [3.63, 3.8) is 0 Å². The third-order valence-electron chi connectivity index (χ3n) is 3.99. The van der Waals surface area contributed by atoms with E-state index in [1.54, 1.807) is 17.0 Å². The number of hydrogen-bond donors (Lipinski definition) is 2. The lowest BCUT2D eigenvalue weighted by atomic mass is 10.0. The van der Waals surface area contributed by atoms with Crippen LogP contribution in [0.15, 0.2) is 29.4 Å². The second-order valence-electron chi connectivity index (χ2n) is 7.65. The maximum Gasteiger partial charge on any atom is 0.412 e. The highest BCUT2D eigenvalue weighted by Crippen LogP contribution is 2.31. The lowest BCUT2D eigenvalue weighted by molar-refractivity contribution is -0.0624. The molecule has 0 aromatic heterocycles. The predicted octanol–water partition coefficient (Wildman–Crippen LogP) is 2.70. The van der Waals surface area contributed by atoms with Crippen molar-refractivity contribution in [2.45, 2.75) is 58.4 Å². The molecule has 1 saturated heterocycles. The molecule has 7 heteroatoms. The van der Waals surface area contributed by atoms with Gasteiger partial charge in [0.2, 0.25) is 0 Å². The summed E-state index contributed by atoms with van der Waals surface area (Å²) >= 11 is 0. The van der Waals surface area contributed by atoms with E-state index in [2.05, 4.69) is 5.16 Å². The molecule has 0 bridgehead atoms. The topological polar surface area (TPSA) is 97.4 Å². The van der Waals surface area contributed by atoms with Gasteiger partial charge in [0.05, 0.1) is 12.6 Å². The minimum Gasteiger partial charge on any atom is -0.444 e. The number of amides is 1. The smallest absolute Gasteiger partial charge is 0.412 e. The van der Waals surface area contributed by atoms with E-state index in [1.807, 2.05) is 46.8 Å². The van der Waals surface area contributed by atoms with Crippen LogP contribution in [-0.2, 0) is 15.9 Å². The number of amidine groups is 1. The van der Waals surface area contributed by atoms with E-state index >= 15 is 0 Å². The molecule has 1 atom stereocenters. The number of carbonyl (C=O) groups excluding carboxylic acids is 1. The Morgan fingerprint density at radius 2 is 2.00 bits per heavy atom. The summed E-state index contributed by atoms with van der Waals surface area (Å²) in [7, 11) is 0. The molecule has 0 saturated carbocycles. The number of hydrogen-bond acceptors (Lipinski definition) is 5. The number of ether oxygens (including phenoxy) is 2. The molecule has 1 heterocycles. The largest absolute Gasteiger partial charge is 0.444 e. The van der Waals surface area contributed by atoms with Gasteiger partial charge in [0.25, 0.3) is 0 Å². The van der Waals surface area contributed by atoms with E-state index < -0.39 is 11.3 Å². The van der Waals surface area contributed by atoms with Gasteiger partial charge in [0.15, 0.2) is 5.84 Å². The van der Waals surface area contributed by atoms with Crippen LogP contribution in [0.1, 0.15) is 45.7 Å². The van der Waals surface area contributed by atoms with E-state index in [9.17, 15) is 4.79 Å². The molecule has 0 radical (unpaired) electrons. The van der Waals surface area contributed by atoms with E-state index in [-0.39, 0.29) is 18.0 Å². The van der Waals surface area contributed by atoms with Gasteiger partial charge in [-0.2, -0.15) is 0 Å². The highest BCUT2D eigenvalue weighted by molar-refractivity contribution is 5.96. The summed E-state index contributed by atoms with van der Waals surface area (Å²) < 4.78 is 11.3. The van der Waals surface area contributed by atoms with Crippen LogP contribution in [0.4, 0.5) is 4.79 Å². The first-order valence-corrected chi connectivity index (χ1v) is 8.26. The van der Waals surface area contributed by atoms with E-state index in [1.165, 1.54) is 0 Å². The minimum atomic E-state index is -0.721. The van der Waals surface area contributed by atoms with Gasteiger partial charge in [-0.3, -0.25) is 4.90 Å². The molecule has 138 valence electrons. The first kappa shape index (κ1) is 19.1. The van der Waals surface area contributed by atoms with Gasteiger partial charge >= 0.3 is 6.09 Å². The predicted molar refractivity (Wildman–Crippen MR) is 94.5 cm³/mol. The highest BCUT2D eigenvalue weighted by atomic mass is 16.6. The van der Waals surface area contributed by atoms with Crippen LogP contribution in [-0.4, -0.2) is 46.0 Å². The van der Waals surface area contributed by atoms with Crippen LogP contribution in [0.5, 0.6) is 0 Å². The summed E-state index contributed by atoms with van der Waals surface area (Å²) in [5.41, 5.74) is 5.95. The van der Waals surface area contributed by atoms with Crippen LogP contribution in [0.2, 0.25) is 0 Å². The number of benzene rings is 1. The van der Waals surface area contributed by atoms with Crippen molar-refractivity contribution in [1.82, 2.24) is 4.90 Å². The van der Waals surface area contributed by atoms with E-state index in [4.69, 9.17) is 20.4 Å². The summed E-state index contributed by atoms with van der Waals surface area (Å²) in [5, 5.41) is 11.7. The fourth-order valence-electron chi connectivity index (χ4n) is 2.86. The minimum absolute atomic E-state index is 0.0623. The molecule has 1 fully saturated rings. The van der Waals surface area contributed by atoms with E-state index in [0.717, 1.165) is 5.56 Å². The molecule has 0 aliphatic carbocycles. The number of nitrogens with two attached hydrogens (primary N) is 1. The van der Waals surface area contributed by atoms with Gasteiger partial charge in [0, 0.05) is 5.56 Å². The Labute approximate surface area is 148 Å². The zero-order chi connectivity index (χ0) is 18.8. The lowest BCUT2D eigenvalue weighted by Gasteiger charge is -2.35. The van der Waals surface area contributed by atoms with Crippen molar-refractivity contribution in [2.24, 2.45) is 10.9 Å². The fourth-order valence-corrected chi connectivity index (χ4v) is 2.86. The summed E-state index contributed by atoms with van der Waals surface area (Å²) in [6.07, 6.45) is 0.243. The third-order valence-corrected chi connectivity index (χ3v) is 3.99. The van der Waals surface area contributed by atoms with Crippen LogP contribution in [0, 0.1) is 0 Å². The number of nitrogens with zero attached hydrogens (tertiary/aromatic N) is 2. The van der Waals surface area contributed by atoms with E-state index in [0.29, 0.717) is 18.6 Å². The highest BCUT2D eigenvalue weighted by Gasteiger charge is 2.45. The quantitative estimate of drug-likeness (QED) is 0.378. The third kappa shape index (κ3) is 4.63. The van der Waals surface area contributed by atoms with Crippen LogP contribution < -0.4 is 5.73 Å². The first-order valence-electron chi connectivity index (χ1n) is 8.26. The van der Waals surface area contributed by atoms with Gasteiger partial charge in [0.1, 0.15) is 11.3 Å². The number of oxime groups is 1. The summed E-state index contributed by atoms with van der Waals surface area (Å²) in [5.74, 6) is 0.0623. The van der Waals surface area contributed by atoms with Gasteiger partial charge < -0.3 is 20.4 Å². The maximum atomic E-state index is 12.6. The molecule has 1 amide bonds. The molecule has 7 nitrogen and oxygen atoms in total. The van der Waals surface area contributed by atoms with Gasteiger partial charge in [-0.25, -0.2) is 4.79 Å². The SMILES string of the molecule is CC(C)(C)OC(=O)N1[C@@H](Cc2ccc(/C(N)=N/O)cc2)COC1(C)C. The summed E-state index contributed by atoms with van der Waals surface area (Å²) in [4.78, 5) is 14.3. The molecule has 1 aromatic carbocycles. The molecular weight excluding hydrogens is 322 g/mol. The standard InChI is InChI=1S/C18H27N3O4/c1-17(2,3)25-16(22)21-14(11-24-18(21,4)5)10-12-6-8-13(9-7-12)15(19)20-23/h6-9,14,23H,10-11H2,1-5H3,(H2,19,20)/t14-/m0/s1. The lowest BCUT2D eigenvalue weighted by Crippen LogP contribution is -2.50. The molecule has 1 aliphatic heterocycles. The van der Waals surface area contributed by atoms with Crippen LogP contribution in [0.3, 0.4) is 0 Å². The second-order valence-corrected chi connectivity index (χ2v) is 7.65. The zero-order valence-electron chi connectivity index (χ0n) is 15.4. The Morgan fingerprint density at radius 1 is 1.40 bits per heavy atom. The second kappa shape index (κ2) is 6.92.